The van der Waals surface area contributed by atoms with Gasteiger partial charge in [-0.3, -0.25) is 4.79 Å². The first kappa shape index (κ1) is 22.4. The number of benzene rings is 2. The number of likely N-dealkylation sites (N-methyl/N-ethyl adjacent to an activating group) is 1. The van der Waals surface area contributed by atoms with Crippen molar-refractivity contribution < 1.29 is 14.4 Å². The van der Waals surface area contributed by atoms with E-state index in [4.69, 9.17) is 4.74 Å². The molecule has 0 saturated carbocycles. The molecule has 1 heterocycles. The number of H-pyrrole nitrogens is 1. The molecule has 0 aliphatic heterocycles. The molecule has 164 valence electrons. The largest absolute Gasteiger partial charge is 0.497 e. The minimum Gasteiger partial charge on any atom is -0.497 e. The van der Waals surface area contributed by atoms with Crippen molar-refractivity contribution in [2.75, 3.05) is 38.6 Å². The van der Waals surface area contributed by atoms with Crippen LogP contribution in [0.15, 0.2) is 59.4 Å². The summed E-state index contributed by atoms with van der Waals surface area (Å²) in [4.78, 5) is 31.8. The molecule has 2 aromatic carbocycles. The number of carbonyl (C=O) groups is 1. The van der Waals surface area contributed by atoms with Gasteiger partial charge in [-0.15, -0.1) is 0 Å². The van der Waals surface area contributed by atoms with Crippen molar-refractivity contribution in [1.29, 1.82) is 0 Å². The Balaban J connectivity index is 1.85. The number of aromatic nitrogens is 1. The monoisotopic (exact) mass is 423 g/mol. The summed E-state index contributed by atoms with van der Waals surface area (Å²) in [6.45, 7) is 7.85. The molecule has 0 atom stereocenters. The van der Waals surface area contributed by atoms with E-state index < -0.39 is 0 Å². The van der Waals surface area contributed by atoms with Crippen molar-refractivity contribution in [1.82, 2.24) is 9.88 Å². The summed E-state index contributed by atoms with van der Waals surface area (Å²) in [5.41, 5.74) is 1.79. The molecule has 7 nitrogen and oxygen atoms in total. The van der Waals surface area contributed by atoms with E-state index >= 15 is 0 Å². The number of methoxy groups -OCH3 is 1. The second-order valence-electron chi connectivity index (χ2n) is 7.50. The molecule has 0 aliphatic carbocycles. The van der Waals surface area contributed by atoms with Gasteiger partial charge in [0, 0.05) is 17.3 Å². The normalized spacial score (nSPS) is 11.0. The highest BCUT2D eigenvalue weighted by Gasteiger charge is 2.18. The van der Waals surface area contributed by atoms with Crippen molar-refractivity contribution in [3.63, 3.8) is 0 Å². The molecule has 2 amide bonds. The van der Waals surface area contributed by atoms with Gasteiger partial charge >= 0.3 is 6.03 Å². The molecule has 0 fully saturated rings. The minimum absolute atomic E-state index is 0.201. The third kappa shape index (κ3) is 5.86. The van der Waals surface area contributed by atoms with Crippen LogP contribution < -0.4 is 20.5 Å². The number of hydrogen-bond donors (Lipinski definition) is 3. The Morgan fingerprint density at radius 2 is 1.84 bits per heavy atom. The number of rotatable bonds is 9. The molecule has 0 unspecified atom stereocenters. The predicted molar refractivity (Wildman–Crippen MR) is 124 cm³/mol. The van der Waals surface area contributed by atoms with Gasteiger partial charge in [-0.05, 0) is 49.6 Å². The van der Waals surface area contributed by atoms with Crippen molar-refractivity contribution in [2.24, 2.45) is 0 Å². The number of para-hydroxylation sites is 1. The van der Waals surface area contributed by atoms with Gasteiger partial charge in [-0.25, -0.2) is 4.79 Å². The number of carbonyl (C=O) groups excluding carboxylic acids is 1. The van der Waals surface area contributed by atoms with Gasteiger partial charge in [0.1, 0.15) is 5.75 Å². The Bertz CT molecular complexity index is 1060. The smallest absolute Gasteiger partial charge is 0.322 e. The Morgan fingerprint density at radius 1 is 1.10 bits per heavy atom. The van der Waals surface area contributed by atoms with Crippen LogP contribution in [0.1, 0.15) is 19.4 Å². The molecule has 0 saturated heterocycles. The highest BCUT2D eigenvalue weighted by Crippen LogP contribution is 2.19. The van der Waals surface area contributed by atoms with Gasteiger partial charge in [-0.1, -0.05) is 18.2 Å². The molecule has 3 N–H and O–H groups in total. The summed E-state index contributed by atoms with van der Waals surface area (Å²) in [5.74, 6) is 0.682. The average molecular weight is 424 g/mol. The van der Waals surface area contributed by atoms with Gasteiger partial charge in [0.2, 0.25) is 0 Å². The summed E-state index contributed by atoms with van der Waals surface area (Å²) < 4.78 is 5.24. The fourth-order valence-corrected chi connectivity index (χ4v) is 3.55. The maximum Gasteiger partial charge on any atom is 0.322 e. The van der Waals surface area contributed by atoms with Crippen molar-refractivity contribution in [2.45, 2.75) is 20.4 Å². The zero-order chi connectivity index (χ0) is 22.2. The molecule has 31 heavy (non-hydrogen) atoms. The number of fused-ring (bicyclic) bond motifs is 1. The molecule has 0 radical (unpaired) electrons. The van der Waals surface area contributed by atoms with Crippen molar-refractivity contribution in [3.8, 4) is 5.75 Å². The van der Waals surface area contributed by atoms with Crippen LogP contribution in [-0.4, -0.2) is 49.2 Å². The summed E-state index contributed by atoms with van der Waals surface area (Å²) in [5, 5.41) is 3.84. The third-order valence-corrected chi connectivity index (χ3v) is 5.54. The van der Waals surface area contributed by atoms with Crippen LogP contribution in [0.3, 0.4) is 0 Å². The van der Waals surface area contributed by atoms with Crippen molar-refractivity contribution in [3.05, 3.63) is 70.5 Å². The lowest BCUT2D eigenvalue weighted by atomic mass is 10.1. The molecular weight excluding hydrogens is 392 g/mol. The van der Waals surface area contributed by atoms with Crippen LogP contribution in [0.2, 0.25) is 0 Å². The van der Waals surface area contributed by atoms with Crippen LogP contribution in [0.25, 0.3) is 10.9 Å². The number of quaternary nitrogens is 1. The molecule has 0 spiro atoms. The Hall–Kier alpha value is -3.32. The number of anilines is 1. The zero-order valence-corrected chi connectivity index (χ0v) is 18.4. The maximum atomic E-state index is 13.0. The first-order chi connectivity index (χ1) is 15.0. The summed E-state index contributed by atoms with van der Waals surface area (Å²) in [7, 11) is 1.59. The second kappa shape index (κ2) is 10.6. The first-order valence-electron chi connectivity index (χ1n) is 10.7. The SMILES string of the molecule is CC[NH+](CC)CCN(Cc1cc2ccc(OC)cc2[nH]c1=O)C(=O)Nc1ccccc1. The molecule has 0 aliphatic rings. The third-order valence-electron chi connectivity index (χ3n) is 5.54. The highest BCUT2D eigenvalue weighted by atomic mass is 16.5. The maximum absolute atomic E-state index is 13.0. The number of nitrogens with zero attached hydrogens (tertiary/aromatic N) is 1. The van der Waals surface area contributed by atoms with Crippen LogP contribution in [-0.2, 0) is 6.54 Å². The first-order valence-corrected chi connectivity index (χ1v) is 10.7. The van der Waals surface area contributed by atoms with Crippen LogP contribution in [0.4, 0.5) is 10.5 Å². The lowest BCUT2D eigenvalue weighted by Gasteiger charge is -2.25. The number of aromatic amines is 1. The number of urea groups is 1. The summed E-state index contributed by atoms with van der Waals surface area (Å²) in [6, 6.07) is 16.5. The minimum atomic E-state index is -0.216. The second-order valence-corrected chi connectivity index (χ2v) is 7.50. The predicted octanol–water partition coefficient (Wildman–Crippen LogP) is 2.50. The van der Waals surface area contributed by atoms with E-state index in [9.17, 15) is 9.59 Å². The van der Waals surface area contributed by atoms with E-state index in [2.05, 4.69) is 24.1 Å². The van der Waals surface area contributed by atoms with E-state index in [0.717, 1.165) is 30.7 Å². The summed E-state index contributed by atoms with van der Waals surface area (Å²) in [6.07, 6.45) is 0. The van der Waals surface area contributed by atoms with E-state index in [-0.39, 0.29) is 18.1 Å². The molecule has 0 bridgehead atoms. The standard InChI is InChI=1S/C24H30N4O3/c1-4-27(5-2)13-14-28(24(30)25-20-9-7-6-8-10-20)17-19-15-18-11-12-21(31-3)16-22(18)26-23(19)29/h6-12,15-16H,4-5,13-14,17H2,1-3H3,(H,25,30)(H,26,29)/p+1. The molecule has 7 heteroatoms. The molecule has 3 rings (SSSR count). The van der Waals surface area contributed by atoms with Gasteiger partial charge in [-0.2, -0.15) is 0 Å². The summed E-state index contributed by atoms with van der Waals surface area (Å²) >= 11 is 0. The van der Waals surface area contributed by atoms with E-state index in [0.29, 0.717) is 23.4 Å². The van der Waals surface area contributed by atoms with E-state index in [1.165, 1.54) is 4.90 Å². The molecule has 1 aromatic heterocycles. The molecule has 3 aromatic rings. The van der Waals surface area contributed by atoms with Crippen LogP contribution in [0, 0.1) is 0 Å². The number of hydrogen-bond acceptors (Lipinski definition) is 3. The average Bonchev–Trinajstić information content (AvgIpc) is 2.79. The zero-order valence-electron chi connectivity index (χ0n) is 18.4. The number of ether oxygens (including phenoxy) is 1. The van der Waals surface area contributed by atoms with Crippen LogP contribution >= 0.6 is 0 Å². The highest BCUT2D eigenvalue weighted by molar-refractivity contribution is 5.89. The lowest BCUT2D eigenvalue weighted by molar-refractivity contribution is -0.895. The lowest BCUT2D eigenvalue weighted by Crippen LogP contribution is -3.12. The quantitative estimate of drug-likeness (QED) is 0.495. The van der Waals surface area contributed by atoms with Gasteiger partial charge in [0.15, 0.2) is 0 Å². The topological polar surface area (TPSA) is 78.9 Å². The molecular formula is C24H31N4O3+. The van der Waals surface area contributed by atoms with Crippen LogP contribution in [0.5, 0.6) is 5.75 Å². The van der Waals surface area contributed by atoms with E-state index in [1.807, 2.05) is 48.5 Å². The fourth-order valence-electron chi connectivity index (χ4n) is 3.55. The van der Waals surface area contributed by atoms with E-state index in [1.54, 1.807) is 18.1 Å². The van der Waals surface area contributed by atoms with Gasteiger partial charge in [0.05, 0.1) is 45.4 Å². The van der Waals surface area contributed by atoms with Crippen molar-refractivity contribution >= 4 is 22.6 Å². The number of pyridine rings is 1. The Morgan fingerprint density at radius 3 is 2.52 bits per heavy atom. The Kier molecular flexibility index (Phi) is 7.67. The number of nitrogens with one attached hydrogen (secondary N) is 3. The number of amides is 2. The van der Waals surface area contributed by atoms with Gasteiger partial charge < -0.3 is 24.8 Å². The van der Waals surface area contributed by atoms with Gasteiger partial charge in [0.25, 0.3) is 5.56 Å². The fraction of sp³-hybridized carbons (Fsp3) is 0.333. The Labute approximate surface area is 182 Å².